The van der Waals surface area contributed by atoms with Gasteiger partial charge < -0.3 is 15.2 Å². The third-order valence-electron chi connectivity index (χ3n) is 4.73. The van der Waals surface area contributed by atoms with Crippen molar-refractivity contribution in [3.8, 4) is 0 Å². The third-order valence-corrected chi connectivity index (χ3v) is 4.73. The number of nitrogens with one attached hydrogen (secondary N) is 2. The number of hydrogen-bond donors (Lipinski definition) is 2. The molecule has 0 saturated heterocycles. The van der Waals surface area contributed by atoms with Crippen LogP contribution in [-0.4, -0.2) is 24.2 Å². The summed E-state index contributed by atoms with van der Waals surface area (Å²) in [5.41, 5.74) is 0.990. The fourth-order valence-electron chi connectivity index (χ4n) is 3.10. The van der Waals surface area contributed by atoms with Crippen molar-refractivity contribution < 1.29 is 4.52 Å². The molecule has 2 N–H and O–H groups in total. The Morgan fingerprint density at radius 1 is 1.35 bits per heavy atom. The summed E-state index contributed by atoms with van der Waals surface area (Å²) in [7, 11) is 0. The van der Waals surface area contributed by atoms with E-state index in [2.05, 4.69) is 48.5 Å². The molecule has 2 rings (SSSR count). The minimum absolute atomic E-state index is 0.385. The van der Waals surface area contributed by atoms with Crippen LogP contribution in [0.5, 0.6) is 0 Å². The smallest absolute Gasteiger partial charge is 0.191 e. The number of aliphatic imine (C=N–C) groups is 1. The quantitative estimate of drug-likeness (QED) is 0.620. The lowest BCUT2D eigenvalue weighted by Gasteiger charge is -2.29. The van der Waals surface area contributed by atoms with Crippen molar-refractivity contribution in [1.82, 2.24) is 15.8 Å². The molecule has 2 unspecified atom stereocenters. The molecule has 1 aliphatic rings. The average Bonchev–Trinajstić information content (AvgIpc) is 3.00. The Labute approximate surface area is 140 Å². The number of guanidine groups is 1. The topological polar surface area (TPSA) is 62.5 Å². The van der Waals surface area contributed by atoms with E-state index in [-0.39, 0.29) is 0 Å². The zero-order valence-corrected chi connectivity index (χ0v) is 15.1. The maximum absolute atomic E-state index is 5.35. The molecule has 0 bridgehead atoms. The van der Waals surface area contributed by atoms with Crippen LogP contribution in [0.2, 0.25) is 0 Å². The van der Waals surface area contributed by atoms with Crippen molar-refractivity contribution in [3.05, 3.63) is 17.5 Å². The van der Waals surface area contributed by atoms with Gasteiger partial charge in [0.05, 0.1) is 5.69 Å². The van der Waals surface area contributed by atoms with Gasteiger partial charge in [-0.25, -0.2) is 4.99 Å². The zero-order valence-electron chi connectivity index (χ0n) is 15.1. The number of nitrogens with zero attached hydrogens (tertiary/aromatic N) is 2. The molecule has 2 atom stereocenters. The number of rotatable bonds is 6. The first-order chi connectivity index (χ1) is 11.1. The third kappa shape index (κ3) is 5.56. The van der Waals surface area contributed by atoms with Crippen LogP contribution in [0.15, 0.2) is 15.6 Å². The van der Waals surface area contributed by atoms with Gasteiger partial charge in [-0.05, 0) is 31.1 Å². The highest BCUT2D eigenvalue weighted by atomic mass is 16.5. The number of hydrogen-bond acceptors (Lipinski definition) is 3. The fraction of sp³-hybridized carbons (Fsp3) is 0.778. The molecule has 0 amide bonds. The summed E-state index contributed by atoms with van der Waals surface area (Å²) < 4.78 is 5.35. The van der Waals surface area contributed by atoms with Gasteiger partial charge in [0.15, 0.2) is 11.7 Å². The first-order valence-electron chi connectivity index (χ1n) is 9.07. The summed E-state index contributed by atoms with van der Waals surface area (Å²) >= 11 is 0. The van der Waals surface area contributed by atoms with Gasteiger partial charge in [0.2, 0.25) is 0 Å². The first kappa shape index (κ1) is 17.8. The van der Waals surface area contributed by atoms with Crippen molar-refractivity contribution in [1.29, 1.82) is 0 Å². The van der Waals surface area contributed by atoms with Crippen LogP contribution in [0.3, 0.4) is 0 Å². The molecule has 1 aromatic heterocycles. The van der Waals surface area contributed by atoms with E-state index in [1.165, 1.54) is 25.7 Å². The average molecular weight is 320 g/mol. The molecule has 0 spiro atoms. The Morgan fingerprint density at radius 3 is 2.78 bits per heavy atom. The van der Waals surface area contributed by atoms with E-state index < -0.39 is 0 Å². The summed E-state index contributed by atoms with van der Waals surface area (Å²) in [4.78, 5) is 4.63. The SMILES string of the molecule is CCNC(=NCc1cc(C(C)C)no1)NCC1CCCCC1C. The van der Waals surface area contributed by atoms with Crippen molar-refractivity contribution in [2.45, 2.75) is 65.8 Å². The summed E-state index contributed by atoms with van der Waals surface area (Å²) in [6, 6.07) is 2.00. The second kappa shape index (κ2) is 8.94. The Kier molecular flexibility index (Phi) is 6.93. The largest absolute Gasteiger partial charge is 0.359 e. The molecule has 0 aromatic carbocycles. The van der Waals surface area contributed by atoms with E-state index >= 15 is 0 Å². The lowest BCUT2D eigenvalue weighted by atomic mass is 9.80. The first-order valence-corrected chi connectivity index (χ1v) is 9.07. The van der Waals surface area contributed by atoms with Gasteiger partial charge >= 0.3 is 0 Å². The molecular weight excluding hydrogens is 288 g/mol. The molecule has 1 saturated carbocycles. The van der Waals surface area contributed by atoms with Crippen molar-refractivity contribution in [2.75, 3.05) is 13.1 Å². The molecule has 1 fully saturated rings. The van der Waals surface area contributed by atoms with Crippen LogP contribution in [0.1, 0.15) is 70.8 Å². The Hall–Kier alpha value is -1.52. The predicted octanol–water partition coefficient (Wildman–Crippen LogP) is 3.68. The molecule has 1 aliphatic carbocycles. The van der Waals surface area contributed by atoms with Gasteiger partial charge in [-0.1, -0.05) is 45.2 Å². The second-order valence-corrected chi connectivity index (χ2v) is 6.97. The summed E-state index contributed by atoms with van der Waals surface area (Å²) in [6.07, 6.45) is 5.43. The minimum atomic E-state index is 0.385. The lowest BCUT2D eigenvalue weighted by molar-refractivity contribution is 0.256. The van der Waals surface area contributed by atoms with Crippen LogP contribution in [0.4, 0.5) is 0 Å². The normalized spacial score (nSPS) is 22.4. The van der Waals surface area contributed by atoms with Crippen LogP contribution in [0, 0.1) is 11.8 Å². The summed E-state index contributed by atoms with van der Waals surface area (Å²) in [6.45, 7) is 11.1. The minimum Gasteiger partial charge on any atom is -0.359 e. The molecule has 23 heavy (non-hydrogen) atoms. The predicted molar refractivity (Wildman–Crippen MR) is 94.5 cm³/mol. The molecule has 5 nitrogen and oxygen atoms in total. The van der Waals surface area contributed by atoms with Crippen LogP contribution >= 0.6 is 0 Å². The van der Waals surface area contributed by atoms with Crippen LogP contribution in [0.25, 0.3) is 0 Å². The van der Waals surface area contributed by atoms with Gasteiger partial charge in [-0.15, -0.1) is 0 Å². The summed E-state index contributed by atoms with van der Waals surface area (Å²) in [5.74, 6) is 3.63. The monoisotopic (exact) mass is 320 g/mol. The van der Waals surface area contributed by atoms with Crippen molar-refractivity contribution in [2.24, 2.45) is 16.8 Å². The van der Waals surface area contributed by atoms with Crippen LogP contribution < -0.4 is 10.6 Å². The van der Waals surface area contributed by atoms with E-state index in [1.54, 1.807) is 0 Å². The van der Waals surface area contributed by atoms with Gasteiger partial charge in [-0.2, -0.15) is 0 Å². The second-order valence-electron chi connectivity index (χ2n) is 6.97. The molecule has 1 heterocycles. The van der Waals surface area contributed by atoms with E-state index in [0.717, 1.165) is 42.3 Å². The highest BCUT2D eigenvalue weighted by molar-refractivity contribution is 5.79. The fourth-order valence-corrected chi connectivity index (χ4v) is 3.10. The lowest BCUT2D eigenvalue weighted by Crippen LogP contribution is -2.41. The van der Waals surface area contributed by atoms with E-state index in [0.29, 0.717) is 12.5 Å². The Morgan fingerprint density at radius 2 is 2.13 bits per heavy atom. The number of aromatic nitrogens is 1. The van der Waals surface area contributed by atoms with E-state index in [9.17, 15) is 0 Å². The van der Waals surface area contributed by atoms with E-state index in [4.69, 9.17) is 4.52 Å². The Balaban J connectivity index is 1.88. The maximum atomic E-state index is 5.35. The zero-order chi connectivity index (χ0) is 16.7. The van der Waals surface area contributed by atoms with Crippen molar-refractivity contribution in [3.63, 3.8) is 0 Å². The standard InChI is InChI=1S/C18H32N4O/c1-5-19-18(20-11-15-9-7-6-8-14(15)4)21-12-16-10-17(13(2)3)22-23-16/h10,13-15H,5-9,11-12H2,1-4H3,(H2,19,20,21). The van der Waals surface area contributed by atoms with Gasteiger partial charge in [0.1, 0.15) is 6.54 Å². The van der Waals surface area contributed by atoms with Crippen LogP contribution in [-0.2, 0) is 6.54 Å². The molecule has 5 heteroatoms. The highest BCUT2D eigenvalue weighted by Crippen LogP contribution is 2.28. The summed E-state index contributed by atoms with van der Waals surface area (Å²) in [5, 5.41) is 10.9. The van der Waals surface area contributed by atoms with Gasteiger partial charge in [0.25, 0.3) is 0 Å². The molecular formula is C18H32N4O. The molecule has 130 valence electrons. The Bertz CT molecular complexity index is 495. The highest BCUT2D eigenvalue weighted by Gasteiger charge is 2.21. The van der Waals surface area contributed by atoms with Gasteiger partial charge in [0, 0.05) is 19.2 Å². The van der Waals surface area contributed by atoms with Crippen molar-refractivity contribution >= 4 is 5.96 Å². The van der Waals surface area contributed by atoms with Gasteiger partial charge in [-0.3, -0.25) is 0 Å². The molecule has 0 radical (unpaired) electrons. The maximum Gasteiger partial charge on any atom is 0.191 e. The molecule has 0 aliphatic heterocycles. The van der Waals surface area contributed by atoms with E-state index in [1.807, 2.05) is 6.07 Å². The molecule has 1 aromatic rings.